The molecule has 1 N–H and O–H groups in total. The minimum Gasteiger partial charge on any atom is -0.356 e. The molecule has 1 aliphatic heterocycles. The van der Waals surface area contributed by atoms with Crippen LogP contribution in [0.4, 0.5) is 13.2 Å². The summed E-state index contributed by atoms with van der Waals surface area (Å²) in [5, 5.41) is 7.00. The van der Waals surface area contributed by atoms with E-state index in [-0.39, 0.29) is 23.3 Å². The zero-order chi connectivity index (χ0) is 20.1. The summed E-state index contributed by atoms with van der Waals surface area (Å²) in [6, 6.07) is 6.27. The van der Waals surface area contributed by atoms with Gasteiger partial charge in [0.05, 0.1) is 5.56 Å². The molecule has 28 heavy (non-hydrogen) atoms. The number of carbonyl (C=O) groups is 2. The van der Waals surface area contributed by atoms with Crippen molar-refractivity contribution in [3.8, 4) is 0 Å². The third-order valence-corrected chi connectivity index (χ3v) is 5.64. The van der Waals surface area contributed by atoms with Crippen LogP contribution in [-0.4, -0.2) is 36.3 Å². The van der Waals surface area contributed by atoms with Crippen LogP contribution in [-0.2, 0) is 17.4 Å². The molecule has 1 aliphatic rings. The molecule has 1 fully saturated rings. The van der Waals surface area contributed by atoms with Crippen molar-refractivity contribution < 1.29 is 22.8 Å². The molecule has 0 bridgehead atoms. The molecule has 3 rings (SSSR count). The Kier molecular flexibility index (Phi) is 6.39. The number of halogens is 3. The summed E-state index contributed by atoms with van der Waals surface area (Å²) in [5.41, 5.74) is 0.649. The summed E-state index contributed by atoms with van der Waals surface area (Å²) < 4.78 is 37.9. The van der Waals surface area contributed by atoms with E-state index >= 15 is 0 Å². The molecule has 0 saturated carbocycles. The lowest BCUT2D eigenvalue weighted by Gasteiger charge is -2.31. The number of likely N-dealkylation sites (tertiary alicyclic amines) is 1. The minimum absolute atomic E-state index is 0.00291. The third-order valence-electron chi connectivity index (χ3n) is 4.91. The number of benzene rings is 1. The fourth-order valence-electron chi connectivity index (χ4n) is 3.24. The van der Waals surface area contributed by atoms with Gasteiger partial charge < -0.3 is 10.2 Å². The summed E-state index contributed by atoms with van der Waals surface area (Å²) in [5.74, 6) is -0.443. The lowest BCUT2D eigenvalue weighted by molar-refractivity contribution is -0.137. The van der Waals surface area contributed by atoms with Crippen molar-refractivity contribution in [3.05, 3.63) is 57.8 Å². The quantitative estimate of drug-likeness (QED) is 0.811. The van der Waals surface area contributed by atoms with Crippen molar-refractivity contribution in [2.45, 2.75) is 25.4 Å². The molecule has 2 heterocycles. The second-order valence-electron chi connectivity index (χ2n) is 6.81. The van der Waals surface area contributed by atoms with E-state index in [0.717, 1.165) is 18.6 Å². The van der Waals surface area contributed by atoms with Crippen molar-refractivity contribution in [2.24, 2.45) is 5.92 Å². The minimum atomic E-state index is -4.42. The highest BCUT2D eigenvalue weighted by Crippen LogP contribution is 2.29. The van der Waals surface area contributed by atoms with Crippen LogP contribution in [0.25, 0.3) is 0 Å². The predicted molar refractivity (Wildman–Crippen MR) is 101 cm³/mol. The number of thiophene rings is 1. The zero-order valence-electron chi connectivity index (χ0n) is 15.2. The number of piperidine rings is 1. The van der Waals surface area contributed by atoms with Gasteiger partial charge in [0, 0.05) is 31.1 Å². The van der Waals surface area contributed by atoms with Crippen LogP contribution in [0.2, 0.25) is 0 Å². The summed E-state index contributed by atoms with van der Waals surface area (Å²) >= 11 is 1.62. The number of alkyl halides is 3. The summed E-state index contributed by atoms with van der Waals surface area (Å²) in [4.78, 5) is 26.4. The van der Waals surface area contributed by atoms with Crippen molar-refractivity contribution >= 4 is 23.2 Å². The van der Waals surface area contributed by atoms with Crippen LogP contribution in [0.1, 0.15) is 34.3 Å². The SMILES string of the molecule is O=C(NCCc1ccsc1)C1CCN(C(=O)c2ccc(C(F)(F)F)cc2)CC1. The first-order valence-corrected chi connectivity index (χ1v) is 10.0. The van der Waals surface area contributed by atoms with E-state index in [2.05, 4.69) is 10.7 Å². The molecule has 2 amide bonds. The van der Waals surface area contributed by atoms with Gasteiger partial charge in [0.1, 0.15) is 0 Å². The molecule has 0 aliphatic carbocycles. The third kappa shape index (κ3) is 5.13. The molecule has 0 radical (unpaired) electrons. The first-order valence-electron chi connectivity index (χ1n) is 9.10. The lowest BCUT2D eigenvalue weighted by Crippen LogP contribution is -2.43. The number of hydrogen-bond donors (Lipinski definition) is 1. The predicted octanol–water partition coefficient (Wildman–Crippen LogP) is 3.98. The highest BCUT2D eigenvalue weighted by atomic mass is 32.1. The van der Waals surface area contributed by atoms with Gasteiger partial charge >= 0.3 is 6.18 Å². The second kappa shape index (κ2) is 8.77. The van der Waals surface area contributed by atoms with E-state index in [9.17, 15) is 22.8 Å². The number of nitrogens with zero attached hydrogens (tertiary/aromatic N) is 1. The van der Waals surface area contributed by atoms with Crippen molar-refractivity contribution in [1.82, 2.24) is 10.2 Å². The van der Waals surface area contributed by atoms with Gasteiger partial charge in [0.2, 0.25) is 5.91 Å². The Balaban J connectivity index is 1.46. The average Bonchev–Trinajstić information content (AvgIpc) is 3.20. The Hall–Kier alpha value is -2.35. The number of nitrogens with one attached hydrogen (secondary N) is 1. The molecule has 2 aromatic rings. The molecule has 8 heteroatoms. The molecule has 0 atom stereocenters. The van der Waals surface area contributed by atoms with E-state index in [1.807, 2.05) is 11.4 Å². The maximum atomic E-state index is 12.6. The van der Waals surface area contributed by atoms with E-state index in [4.69, 9.17) is 0 Å². The van der Waals surface area contributed by atoms with Gasteiger partial charge in [-0.25, -0.2) is 0 Å². The van der Waals surface area contributed by atoms with Crippen LogP contribution in [0, 0.1) is 5.92 Å². The Bertz CT molecular complexity index is 796. The fraction of sp³-hybridized carbons (Fsp3) is 0.400. The smallest absolute Gasteiger partial charge is 0.356 e. The molecule has 0 unspecified atom stereocenters. The Morgan fingerprint density at radius 3 is 2.36 bits per heavy atom. The maximum Gasteiger partial charge on any atom is 0.416 e. The van der Waals surface area contributed by atoms with Gasteiger partial charge in [-0.05, 0) is 65.9 Å². The van der Waals surface area contributed by atoms with Crippen LogP contribution in [0.3, 0.4) is 0 Å². The van der Waals surface area contributed by atoms with Crippen LogP contribution >= 0.6 is 11.3 Å². The van der Waals surface area contributed by atoms with Gasteiger partial charge in [0.15, 0.2) is 0 Å². The monoisotopic (exact) mass is 410 g/mol. The normalized spacial score (nSPS) is 15.5. The molecular weight excluding hydrogens is 389 g/mol. The van der Waals surface area contributed by atoms with Gasteiger partial charge in [-0.15, -0.1) is 0 Å². The first kappa shape index (κ1) is 20.4. The number of hydrogen-bond acceptors (Lipinski definition) is 3. The van der Waals surface area contributed by atoms with Gasteiger partial charge in [-0.3, -0.25) is 9.59 Å². The molecule has 4 nitrogen and oxygen atoms in total. The molecular formula is C20H21F3N2O2S. The number of amides is 2. The largest absolute Gasteiger partial charge is 0.416 e. The van der Waals surface area contributed by atoms with E-state index in [0.29, 0.717) is 32.5 Å². The standard InChI is InChI=1S/C20H21F3N2O2S/c21-20(22,23)17-3-1-16(2-4-17)19(27)25-10-6-15(7-11-25)18(26)24-9-5-14-8-12-28-13-14/h1-4,8,12-13,15H,5-7,9-11H2,(H,24,26). The van der Waals surface area contributed by atoms with Gasteiger partial charge in [-0.2, -0.15) is 24.5 Å². The van der Waals surface area contributed by atoms with Crippen molar-refractivity contribution in [3.63, 3.8) is 0 Å². The number of rotatable bonds is 5. The molecule has 0 spiro atoms. The van der Waals surface area contributed by atoms with Crippen molar-refractivity contribution in [1.29, 1.82) is 0 Å². The van der Waals surface area contributed by atoms with Crippen LogP contribution < -0.4 is 5.32 Å². The van der Waals surface area contributed by atoms with E-state index < -0.39 is 11.7 Å². The molecule has 1 saturated heterocycles. The zero-order valence-corrected chi connectivity index (χ0v) is 16.0. The lowest BCUT2D eigenvalue weighted by atomic mass is 9.95. The number of carbonyl (C=O) groups excluding carboxylic acids is 2. The highest BCUT2D eigenvalue weighted by Gasteiger charge is 2.31. The summed E-state index contributed by atoms with van der Waals surface area (Å²) in [6.45, 7) is 1.42. The topological polar surface area (TPSA) is 49.4 Å². The Morgan fingerprint density at radius 1 is 1.11 bits per heavy atom. The Labute approximate surface area is 165 Å². The van der Waals surface area contributed by atoms with Crippen LogP contribution in [0.15, 0.2) is 41.1 Å². The van der Waals surface area contributed by atoms with E-state index in [1.54, 1.807) is 16.2 Å². The van der Waals surface area contributed by atoms with Gasteiger partial charge in [-0.1, -0.05) is 0 Å². The fourth-order valence-corrected chi connectivity index (χ4v) is 3.94. The Morgan fingerprint density at radius 2 is 1.79 bits per heavy atom. The average molecular weight is 410 g/mol. The van der Waals surface area contributed by atoms with Crippen molar-refractivity contribution in [2.75, 3.05) is 19.6 Å². The highest BCUT2D eigenvalue weighted by molar-refractivity contribution is 7.07. The second-order valence-corrected chi connectivity index (χ2v) is 7.59. The summed E-state index contributed by atoms with van der Waals surface area (Å²) in [6.07, 6.45) is -2.52. The first-order chi connectivity index (χ1) is 13.3. The molecule has 1 aromatic carbocycles. The summed E-state index contributed by atoms with van der Waals surface area (Å²) in [7, 11) is 0. The maximum absolute atomic E-state index is 12.6. The molecule has 150 valence electrons. The van der Waals surface area contributed by atoms with Gasteiger partial charge in [0.25, 0.3) is 5.91 Å². The van der Waals surface area contributed by atoms with Crippen LogP contribution in [0.5, 0.6) is 0 Å². The van der Waals surface area contributed by atoms with E-state index in [1.165, 1.54) is 17.7 Å². The molecule has 1 aromatic heterocycles.